The Morgan fingerprint density at radius 3 is 2.13 bits per heavy atom. The van der Waals surface area contributed by atoms with E-state index in [9.17, 15) is 14.9 Å². The van der Waals surface area contributed by atoms with E-state index < -0.39 is 41.9 Å². The lowest BCUT2D eigenvalue weighted by Crippen LogP contribution is -2.59. The van der Waals surface area contributed by atoms with E-state index >= 15 is 0 Å². The van der Waals surface area contributed by atoms with Gasteiger partial charge in [-0.15, -0.1) is 0 Å². The molecule has 0 aromatic rings. The molecule has 9 nitrogen and oxygen atoms in total. The fourth-order valence-corrected chi connectivity index (χ4v) is 0.790. The summed E-state index contributed by atoms with van der Waals surface area (Å²) in [5.41, 5.74) is -3.42. The molecule has 0 aliphatic carbocycles. The Bertz CT molecular complexity index is 245. The van der Waals surface area contributed by atoms with Crippen molar-refractivity contribution in [3.63, 3.8) is 0 Å². The molecule has 0 aliphatic rings. The third-order valence-electron chi connectivity index (χ3n) is 1.81. The molecule has 0 bridgehead atoms. The van der Waals surface area contributed by atoms with E-state index in [4.69, 9.17) is 25.5 Å². The molecule has 15 heavy (non-hydrogen) atoms. The van der Waals surface area contributed by atoms with E-state index in [0.29, 0.717) is 0 Å². The predicted molar refractivity (Wildman–Crippen MR) is 43.1 cm³/mol. The fourth-order valence-electron chi connectivity index (χ4n) is 0.790. The average molecular weight is 225 g/mol. The number of carbonyl (C=O) groups is 1. The van der Waals surface area contributed by atoms with Gasteiger partial charge in [0.25, 0.3) is 0 Å². The monoisotopic (exact) mass is 225 g/mol. The van der Waals surface area contributed by atoms with Gasteiger partial charge < -0.3 is 25.5 Å². The van der Waals surface area contributed by atoms with Crippen LogP contribution in [0.4, 0.5) is 0 Å². The minimum absolute atomic E-state index is 0.578. The van der Waals surface area contributed by atoms with Gasteiger partial charge in [0.15, 0.2) is 6.10 Å². The van der Waals surface area contributed by atoms with Crippen molar-refractivity contribution in [1.29, 1.82) is 0 Å². The second-order valence-electron chi connectivity index (χ2n) is 2.84. The zero-order valence-electron chi connectivity index (χ0n) is 7.42. The summed E-state index contributed by atoms with van der Waals surface area (Å²) in [5, 5.41) is 54.5. The molecule has 0 heterocycles. The Hall–Kier alpha value is -1.13. The molecule has 0 aromatic heterocycles. The van der Waals surface area contributed by atoms with Crippen molar-refractivity contribution in [2.24, 2.45) is 0 Å². The maximum Gasteiger partial charge on any atom is 0.407 e. The van der Waals surface area contributed by atoms with Gasteiger partial charge in [0.05, 0.1) is 11.5 Å². The molecule has 88 valence electrons. The van der Waals surface area contributed by atoms with Gasteiger partial charge in [0.2, 0.25) is 6.29 Å². The number of aliphatic hydroxyl groups is 5. The summed E-state index contributed by atoms with van der Waals surface area (Å²) >= 11 is 0. The molecule has 0 rings (SSSR count). The van der Waals surface area contributed by atoms with Gasteiger partial charge in [-0.05, 0) is 0 Å². The summed E-state index contributed by atoms with van der Waals surface area (Å²) in [6.07, 6.45) is -7.26. The van der Waals surface area contributed by atoms with Crippen molar-refractivity contribution >= 4 is 6.29 Å². The second-order valence-corrected chi connectivity index (χ2v) is 2.84. The summed E-state index contributed by atoms with van der Waals surface area (Å²) in [4.78, 5) is 18.9. The molecule has 9 heteroatoms. The molecule has 0 spiro atoms. The van der Waals surface area contributed by atoms with Crippen molar-refractivity contribution in [2.45, 2.75) is 24.0 Å². The van der Waals surface area contributed by atoms with Crippen molar-refractivity contribution in [1.82, 2.24) is 0 Å². The first kappa shape index (κ1) is 13.9. The molecule has 0 radical (unpaired) electrons. The van der Waals surface area contributed by atoms with Crippen LogP contribution < -0.4 is 0 Å². The molecule has 0 fully saturated rings. The number of nitrogens with zero attached hydrogens (tertiary/aromatic N) is 1. The summed E-state index contributed by atoms with van der Waals surface area (Å²) in [5.74, 6) is 0. The van der Waals surface area contributed by atoms with Gasteiger partial charge >= 0.3 is 5.72 Å². The molecule has 0 aliphatic heterocycles. The topological polar surface area (TPSA) is 161 Å². The normalized spacial score (nSPS) is 21.1. The quantitative estimate of drug-likeness (QED) is 0.133. The first-order valence-corrected chi connectivity index (χ1v) is 3.79. The van der Waals surface area contributed by atoms with Gasteiger partial charge in [0, 0.05) is 0 Å². The Labute approximate surface area is 83.3 Å². The largest absolute Gasteiger partial charge is 0.407 e. The summed E-state index contributed by atoms with van der Waals surface area (Å²) in [7, 11) is 0. The van der Waals surface area contributed by atoms with Crippen LogP contribution >= 0.6 is 0 Å². The highest BCUT2D eigenvalue weighted by Gasteiger charge is 2.53. The van der Waals surface area contributed by atoms with E-state index in [1.54, 1.807) is 0 Å². The Balaban J connectivity index is 4.87. The SMILES string of the molecule is O=CC(O)(C(O)C(O)C(O)CO)[N+](=O)[O-]. The molecular weight excluding hydrogens is 214 g/mol. The lowest BCUT2D eigenvalue weighted by Gasteiger charge is -2.25. The minimum atomic E-state index is -3.42. The third kappa shape index (κ3) is 2.67. The van der Waals surface area contributed by atoms with Crippen molar-refractivity contribution in [2.75, 3.05) is 6.61 Å². The van der Waals surface area contributed by atoms with Gasteiger partial charge in [-0.25, -0.2) is 0 Å². The first-order chi connectivity index (χ1) is 6.81. The molecular formula is C6H11NO8. The van der Waals surface area contributed by atoms with Crippen LogP contribution in [0.3, 0.4) is 0 Å². The zero-order valence-corrected chi connectivity index (χ0v) is 7.42. The number of aldehydes is 1. The Kier molecular flexibility index (Phi) is 4.71. The third-order valence-corrected chi connectivity index (χ3v) is 1.81. The second kappa shape index (κ2) is 5.09. The maximum absolute atomic E-state index is 10.2. The van der Waals surface area contributed by atoms with Gasteiger partial charge in [-0.3, -0.25) is 14.9 Å². The van der Waals surface area contributed by atoms with Crippen LogP contribution in [0.1, 0.15) is 0 Å². The van der Waals surface area contributed by atoms with E-state index in [-0.39, 0.29) is 0 Å². The zero-order chi connectivity index (χ0) is 12.2. The maximum atomic E-state index is 10.2. The summed E-state index contributed by atoms with van der Waals surface area (Å²) in [6, 6.07) is 0. The lowest BCUT2D eigenvalue weighted by atomic mass is 9.99. The van der Waals surface area contributed by atoms with E-state index in [2.05, 4.69) is 0 Å². The molecule has 4 atom stereocenters. The van der Waals surface area contributed by atoms with Crippen LogP contribution in [0.2, 0.25) is 0 Å². The standard InChI is InChI=1S/C6H11NO8/c8-1-3(10)4(11)5(12)6(13,2-9)7(14)15/h2-5,8,10-13H,1H2. The van der Waals surface area contributed by atoms with Crippen LogP contribution in [-0.2, 0) is 4.79 Å². The lowest BCUT2D eigenvalue weighted by molar-refractivity contribution is -0.617. The molecule has 4 unspecified atom stereocenters. The first-order valence-electron chi connectivity index (χ1n) is 3.79. The van der Waals surface area contributed by atoms with Crippen LogP contribution in [0.15, 0.2) is 0 Å². The van der Waals surface area contributed by atoms with Crippen molar-refractivity contribution in [3.05, 3.63) is 10.1 Å². The number of carbonyl (C=O) groups excluding carboxylic acids is 1. The molecule has 0 amide bonds. The Morgan fingerprint density at radius 2 is 1.87 bits per heavy atom. The van der Waals surface area contributed by atoms with Crippen molar-refractivity contribution in [3.8, 4) is 0 Å². The van der Waals surface area contributed by atoms with E-state index in [1.807, 2.05) is 0 Å². The highest BCUT2D eigenvalue weighted by atomic mass is 16.7. The molecule has 0 aromatic carbocycles. The molecule has 0 saturated heterocycles. The van der Waals surface area contributed by atoms with Crippen LogP contribution in [0.25, 0.3) is 0 Å². The van der Waals surface area contributed by atoms with Crippen molar-refractivity contribution < 1.29 is 35.3 Å². The smallest absolute Gasteiger partial charge is 0.394 e. The summed E-state index contributed by atoms with van der Waals surface area (Å²) in [6.45, 7) is -0.995. The van der Waals surface area contributed by atoms with Crippen LogP contribution in [-0.4, -0.2) is 67.4 Å². The minimum Gasteiger partial charge on any atom is -0.394 e. The number of nitro groups is 1. The number of rotatable bonds is 6. The average Bonchev–Trinajstić information content (AvgIpc) is 2.24. The van der Waals surface area contributed by atoms with Gasteiger partial charge in [0.1, 0.15) is 12.2 Å². The number of hydrogen-bond acceptors (Lipinski definition) is 8. The van der Waals surface area contributed by atoms with Gasteiger partial charge in [-0.2, -0.15) is 0 Å². The fraction of sp³-hybridized carbons (Fsp3) is 0.833. The van der Waals surface area contributed by atoms with E-state index in [1.165, 1.54) is 0 Å². The molecule has 5 N–H and O–H groups in total. The van der Waals surface area contributed by atoms with Gasteiger partial charge in [-0.1, -0.05) is 0 Å². The van der Waals surface area contributed by atoms with Crippen LogP contribution in [0.5, 0.6) is 0 Å². The number of aliphatic hydroxyl groups excluding tert-OH is 4. The highest BCUT2D eigenvalue weighted by molar-refractivity contribution is 5.60. The van der Waals surface area contributed by atoms with Crippen LogP contribution in [0, 0.1) is 10.1 Å². The highest BCUT2D eigenvalue weighted by Crippen LogP contribution is 2.14. The Morgan fingerprint density at radius 1 is 1.40 bits per heavy atom. The number of hydrogen-bond donors (Lipinski definition) is 5. The summed E-state index contributed by atoms with van der Waals surface area (Å²) < 4.78 is 0. The predicted octanol–water partition coefficient (Wildman–Crippen LogP) is -3.77. The van der Waals surface area contributed by atoms with E-state index in [0.717, 1.165) is 0 Å². The molecule has 0 saturated carbocycles.